The third kappa shape index (κ3) is 3.11. The van der Waals surface area contributed by atoms with Crippen LogP contribution in [0.2, 0.25) is 0 Å². The highest BCUT2D eigenvalue weighted by Crippen LogP contribution is 2.44. The van der Waals surface area contributed by atoms with Crippen LogP contribution in [0.1, 0.15) is 45.9 Å². The number of nitrogens with one attached hydrogen (secondary N) is 1. The molecule has 0 aliphatic carbocycles. The molecule has 2 N–H and O–H groups in total. The lowest BCUT2D eigenvalue weighted by Crippen LogP contribution is -2.36. The monoisotopic (exact) mass is 296 g/mol. The fourth-order valence-corrected chi connectivity index (χ4v) is 2.96. The highest BCUT2D eigenvalue weighted by molar-refractivity contribution is 5.02. The van der Waals surface area contributed by atoms with Gasteiger partial charge in [-0.2, -0.15) is 0 Å². The van der Waals surface area contributed by atoms with Crippen LogP contribution in [0.4, 0.5) is 0 Å². The minimum atomic E-state index is -0.612. The molecule has 1 fully saturated rings. The summed E-state index contributed by atoms with van der Waals surface area (Å²) >= 11 is 0. The maximum atomic E-state index is 12.0. The lowest BCUT2D eigenvalue weighted by molar-refractivity contribution is -0.0738. The van der Waals surface area contributed by atoms with E-state index in [-0.39, 0.29) is 23.0 Å². The Kier molecular flexibility index (Phi) is 4.13. The largest absolute Gasteiger partial charge is 0.391 e. The van der Waals surface area contributed by atoms with Crippen molar-refractivity contribution in [1.82, 2.24) is 9.55 Å². The SMILES string of the molecule is Cc1cn([C@H]2C[C@@H](C(C)(C)C)C([C@H](C)O)O2)c(=O)[nH]c1=O. The zero-order chi connectivity index (χ0) is 15.9. The quantitative estimate of drug-likeness (QED) is 0.858. The van der Waals surface area contributed by atoms with Crippen molar-refractivity contribution in [2.24, 2.45) is 11.3 Å². The van der Waals surface area contributed by atoms with Crippen molar-refractivity contribution in [3.63, 3.8) is 0 Å². The molecule has 118 valence electrons. The molecule has 6 nitrogen and oxygen atoms in total. The Hall–Kier alpha value is -1.40. The Morgan fingerprint density at radius 3 is 2.52 bits per heavy atom. The van der Waals surface area contributed by atoms with Gasteiger partial charge in [0.25, 0.3) is 5.56 Å². The number of rotatable bonds is 2. The van der Waals surface area contributed by atoms with Crippen molar-refractivity contribution in [3.8, 4) is 0 Å². The molecule has 6 heteroatoms. The molecule has 0 bridgehead atoms. The van der Waals surface area contributed by atoms with Gasteiger partial charge in [-0.15, -0.1) is 0 Å². The van der Waals surface area contributed by atoms with Gasteiger partial charge in [0.05, 0.1) is 12.2 Å². The summed E-state index contributed by atoms with van der Waals surface area (Å²) in [5.74, 6) is 0.127. The molecule has 0 amide bonds. The molecule has 1 aliphatic rings. The van der Waals surface area contributed by atoms with Crippen molar-refractivity contribution in [3.05, 3.63) is 32.6 Å². The smallest absolute Gasteiger partial charge is 0.330 e. The summed E-state index contributed by atoms with van der Waals surface area (Å²) in [6.45, 7) is 9.64. The Morgan fingerprint density at radius 2 is 2.05 bits per heavy atom. The van der Waals surface area contributed by atoms with Gasteiger partial charge >= 0.3 is 5.69 Å². The minimum Gasteiger partial charge on any atom is -0.391 e. The minimum absolute atomic E-state index is 0.0444. The lowest BCUT2D eigenvalue weighted by atomic mass is 9.75. The molecule has 0 aromatic carbocycles. The molecule has 21 heavy (non-hydrogen) atoms. The highest BCUT2D eigenvalue weighted by Gasteiger charge is 2.44. The number of ether oxygens (including phenoxy) is 1. The van der Waals surface area contributed by atoms with Gasteiger partial charge in [-0.3, -0.25) is 14.3 Å². The molecule has 2 rings (SSSR count). The van der Waals surface area contributed by atoms with Crippen LogP contribution in [0.15, 0.2) is 15.8 Å². The van der Waals surface area contributed by atoms with E-state index in [1.807, 2.05) is 0 Å². The molecule has 0 spiro atoms. The summed E-state index contributed by atoms with van der Waals surface area (Å²) in [7, 11) is 0. The molecule has 1 aliphatic heterocycles. The van der Waals surface area contributed by atoms with E-state index < -0.39 is 18.0 Å². The first-order chi connectivity index (χ1) is 9.61. The van der Waals surface area contributed by atoms with Crippen LogP contribution in [0.5, 0.6) is 0 Å². The van der Waals surface area contributed by atoms with Gasteiger partial charge in [-0.1, -0.05) is 20.8 Å². The van der Waals surface area contributed by atoms with Gasteiger partial charge < -0.3 is 9.84 Å². The van der Waals surface area contributed by atoms with Crippen LogP contribution in [0.25, 0.3) is 0 Å². The topological polar surface area (TPSA) is 84.3 Å². The molecule has 1 aromatic rings. The molecule has 1 aromatic heterocycles. The average molecular weight is 296 g/mol. The van der Waals surface area contributed by atoms with Crippen LogP contribution in [-0.4, -0.2) is 26.9 Å². The van der Waals surface area contributed by atoms with Crippen LogP contribution in [0.3, 0.4) is 0 Å². The van der Waals surface area contributed by atoms with Crippen molar-refractivity contribution >= 4 is 0 Å². The first-order valence-corrected chi connectivity index (χ1v) is 7.27. The average Bonchev–Trinajstić information content (AvgIpc) is 2.78. The molecule has 1 saturated heterocycles. The van der Waals surface area contributed by atoms with Crippen LogP contribution in [0, 0.1) is 18.3 Å². The van der Waals surface area contributed by atoms with Gasteiger partial charge in [0.1, 0.15) is 6.23 Å². The van der Waals surface area contributed by atoms with Gasteiger partial charge in [-0.05, 0) is 31.6 Å². The number of H-pyrrole nitrogens is 1. The fraction of sp³-hybridized carbons (Fsp3) is 0.733. The fourth-order valence-electron chi connectivity index (χ4n) is 2.96. The molecule has 2 heterocycles. The molecule has 4 atom stereocenters. The van der Waals surface area contributed by atoms with Crippen molar-refractivity contribution in [2.45, 2.75) is 59.5 Å². The van der Waals surface area contributed by atoms with Crippen molar-refractivity contribution < 1.29 is 9.84 Å². The summed E-state index contributed by atoms with van der Waals surface area (Å²) in [6.07, 6.45) is 0.755. The second-order valence-electron chi connectivity index (χ2n) is 6.98. The van der Waals surface area contributed by atoms with Gasteiger partial charge in [0.2, 0.25) is 0 Å². The Bertz CT molecular complexity index is 624. The van der Waals surface area contributed by atoms with Crippen molar-refractivity contribution in [1.29, 1.82) is 0 Å². The van der Waals surface area contributed by atoms with E-state index >= 15 is 0 Å². The van der Waals surface area contributed by atoms with E-state index in [1.54, 1.807) is 13.8 Å². The zero-order valence-corrected chi connectivity index (χ0v) is 13.2. The summed E-state index contributed by atoms with van der Waals surface area (Å²) in [4.78, 5) is 25.7. The van der Waals surface area contributed by atoms with E-state index in [9.17, 15) is 14.7 Å². The third-order valence-electron chi connectivity index (χ3n) is 4.21. The van der Waals surface area contributed by atoms with E-state index in [1.165, 1.54) is 10.8 Å². The number of aliphatic hydroxyl groups excluding tert-OH is 1. The van der Waals surface area contributed by atoms with E-state index in [4.69, 9.17) is 4.74 Å². The van der Waals surface area contributed by atoms with Crippen LogP contribution >= 0.6 is 0 Å². The zero-order valence-electron chi connectivity index (χ0n) is 13.2. The first kappa shape index (κ1) is 16.0. The van der Waals surface area contributed by atoms with Crippen molar-refractivity contribution in [2.75, 3.05) is 0 Å². The summed E-state index contributed by atoms with van der Waals surface area (Å²) in [5.41, 5.74) is -0.439. The number of aromatic amines is 1. The highest BCUT2D eigenvalue weighted by atomic mass is 16.5. The summed E-state index contributed by atoms with van der Waals surface area (Å²) < 4.78 is 7.33. The molecule has 0 saturated carbocycles. The van der Waals surface area contributed by atoms with Crippen LogP contribution < -0.4 is 11.2 Å². The second kappa shape index (κ2) is 5.42. The number of hydrogen-bond acceptors (Lipinski definition) is 4. The maximum Gasteiger partial charge on any atom is 0.330 e. The summed E-state index contributed by atoms with van der Waals surface area (Å²) in [6, 6.07) is 0. The predicted octanol–water partition coefficient (Wildman–Crippen LogP) is 1.18. The Morgan fingerprint density at radius 1 is 1.43 bits per heavy atom. The Labute approximate surface area is 123 Å². The number of aryl methyl sites for hydroxylation is 1. The lowest BCUT2D eigenvalue weighted by Gasteiger charge is -2.32. The molecule has 1 unspecified atom stereocenters. The Balaban J connectivity index is 2.38. The van der Waals surface area contributed by atoms with Gasteiger partial charge in [-0.25, -0.2) is 4.79 Å². The van der Waals surface area contributed by atoms with E-state index in [0.29, 0.717) is 12.0 Å². The molecular formula is C15H24N2O4. The van der Waals surface area contributed by atoms with Gasteiger partial charge in [0.15, 0.2) is 0 Å². The van der Waals surface area contributed by atoms with Gasteiger partial charge in [0, 0.05) is 11.8 Å². The van der Waals surface area contributed by atoms with E-state index in [0.717, 1.165) is 0 Å². The van der Waals surface area contributed by atoms with E-state index in [2.05, 4.69) is 25.8 Å². The standard InChI is InChI=1S/C15H24N2O4/c1-8-7-17(14(20)16-13(8)19)11-6-10(15(3,4)5)12(21-11)9(2)18/h7,9-12,18H,6H2,1-5H3,(H,16,19,20)/t9-,10+,11+,12?/m0/s1. The molecular weight excluding hydrogens is 272 g/mol. The number of aromatic nitrogens is 2. The number of nitrogens with zero attached hydrogens (tertiary/aromatic N) is 1. The number of hydrogen-bond donors (Lipinski definition) is 2. The predicted molar refractivity (Wildman–Crippen MR) is 79.2 cm³/mol. The normalized spacial score (nSPS) is 27.8. The first-order valence-electron chi connectivity index (χ1n) is 7.27. The maximum absolute atomic E-state index is 12.0. The third-order valence-corrected chi connectivity index (χ3v) is 4.21. The molecule has 0 radical (unpaired) electrons. The summed E-state index contributed by atoms with van der Waals surface area (Å²) in [5, 5.41) is 9.95. The number of aliphatic hydroxyl groups is 1. The van der Waals surface area contributed by atoms with Crippen LogP contribution in [-0.2, 0) is 4.74 Å². The second-order valence-corrected chi connectivity index (χ2v) is 6.98.